The minimum absolute atomic E-state index is 0.0412. The van der Waals surface area contributed by atoms with E-state index in [0.717, 1.165) is 30.7 Å². The molecule has 3 heterocycles. The molecule has 8 nitrogen and oxygen atoms in total. The van der Waals surface area contributed by atoms with Gasteiger partial charge in [0, 0.05) is 6.20 Å². The van der Waals surface area contributed by atoms with Crippen molar-refractivity contribution in [1.82, 2.24) is 20.2 Å². The van der Waals surface area contributed by atoms with Crippen molar-refractivity contribution in [2.75, 3.05) is 4.31 Å². The molecule has 0 radical (unpaired) electrons. The number of hydrogen-bond acceptors (Lipinski definition) is 8. The van der Waals surface area contributed by atoms with Gasteiger partial charge in [-0.25, -0.2) is 4.98 Å². The molecular formula is C14H8F7N5O3S2. The van der Waals surface area contributed by atoms with Gasteiger partial charge in [-0.2, -0.15) is 39.2 Å². The number of alkyl halides is 7. The average molecular weight is 491 g/mol. The smallest absolute Gasteiger partial charge is 0.414 e. The van der Waals surface area contributed by atoms with Gasteiger partial charge in [0.25, 0.3) is 11.8 Å². The Labute approximate surface area is 172 Å². The Morgan fingerprint density at radius 3 is 2.39 bits per heavy atom. The summed E-state index contributed by atoms with van der Waals surface area (Å²) in [6.45, 7) is -1.04. The molecule has 17 heteroatoms. The van der Waals surface area contributed by atoms with E-state index in [-0.39, 0.29) is 14.2 Å². The van der Waals surface area contributed by atoms with Crippen molar-refractivity contribution < 1.29 is 43.6 Å². The van der Waals surface area contributed by atoms with E-state index in [1.807, 2.05) is 0 Å². The molecule has 3 aromatic heterocycles. The van der Waals surface area contributed by atoms with Gasteiger partial charge in [0.1, 0.15) is 9.88 Å². The lowest BCUT2D eigenvalue weighted by atomic mass is 10.4. The highest BCUT2D eigenvalue weighted by Gasteiger charge is 2.69. The van der Waals surface area contributed by atoms with Crippen LogP contribution < -0.4 is 4.31 Å². The maximum absolute atomic E-state index is 13.8. The lowest BCUT2D eigenvalue weighted by Crippen LogP contribution is -2.51. The normalized spacial score (nSPS) is 13.0. The zero-order chi connectivity index (χ0) is 23.0. The predicted molar refractivity (Wildman–Crippen MR) is 90.7 cm³/mol. The van der Waals surface area contributed by atoms with Crippen LogP contribution in [0.5, 0.6) is 0 Å². The molecule has 0 unspecified atom stereocenters. The van der Waals surface area contributed by atoms with E-state index in [1.54, 1.807) is 0 Å². The van der Waals surface area contributed by atoms with Gasteiger partial charge in [0.05, 0.1) is 24.6 Å². The van der Waals surface area contributed by atoms with E-state index in [4.69, 9.17) is 0 Å². The van der Waals surface area contributed by atoms with E-state index in [2.05, 4.69) is 24.6 Å². The lowest BCUT2D eigenvalue weighted by molar-refractivity contribution is -0.241. The number of sulfonamides is 1. The summed E-state index contributed by atoms with van der Waals surface area (Å²) >= 11 is 0.563. The molecule has 0 saturated heterocycles. The highest BCUT2D eigenvalue weighted by atomic mass is 32.2. The third-order valence-electron chi connectivity index (χ3n) is 3.55. The Morgan fingerprint density at radius 1 is 1.13 bits per heavy atom. The fourth-order valence-electron chi connectivity index (χ4n) is 2.13. The van der Waals surface area contributed by atoms with Gasteiger partial charge >= 0.3 is 27.9 Å². The molecule has 0 amide bonds. The monoisotopic (exact) mass is 491 g/mol. The van der Waals surface area contributed by atoms with E-state index >= 15 is 0 Å². The molecule has 0 aromatic carbocycles. The zero-order valence-electron chi connectivity index (χ0n) is 14.6. The predicted octanol–water partition coefficient (Wildman–Crippen LogP) is 4.02. The quantitative estimate of drug-likeness (QED) is 0.460. The fraction of sp³-hybridized carbons (Fsp3) is 0.286. The summed E-state index contributed by atoms with van der Waals surface area (Å²) in [5.74, 6) is -1.43. The van der Waals surface area contributed by atoms with Crippen LogP contribution in [0.3, 0.4) is 0 Å². The lowest BCUT2D eigenvalue weighted by Gasteiger charge is -2.28. The molecule has 168 valence electrons. The molecule has 0 bridgehead atoms. The molecule has 31 heavy (non-hydrogen) atoms. The van der Waals surface area contributed by atoms with Crippen LogP contribution in [0.2, 0.25) is 0 Å². The SMILES string of the molecule is O=S(=O)(N(Cc1ncc(-c2nnc(C(F)F)o2)s1)c1cccnc1)C(F)(F)C(F)(F)F. The van der Waals surface area contributed by atoms with Crippen LogP contribution in [0, 0.1) is 0 Å². The average Bonchev–Trinajstić information content (AvgIpc) is 3.35. The van der Waals surface area contributed by atoms with Crippen LogP contribution in [0.15, 0.2) is 35.1 Å². The molecule has 3 aromatic rings. The molecule has 0 fully saturated rings. The van der Waals surface area contributed by atoms with Crippen molar-refractivity contribution in [3.8, 4) is 10.8 Å². The second kappa shape index (κ2) is 8.03. The maximum Gasteiger partial charge on any atom is 0.471 e. The summed E-state index contributed by atoms with van der Waals surface area (Å²) in [6.07, 6.45) is -6.56. The first-order valence-electron chi connectivity index (χ1n) is 7.78. The minimum atomic E-state index is -6.39. The molecule has 0 aliphatic rings. The van der Waals surface area contributed by atoms with Crippen LogP contribution in [0.1, 0.15) is 17.3 Å². The third kappa shape index (κ3) is 4.32. The Kier molecular flexibility index (Phi) is 5.92. The highest BCUT2D eigenvalue weighted by molar-refractivity contribution is 7.93. The van der Waals surface area contributed by atoms with Gasteiger partial charge in [0.2, 0.25) is 0 Å². The van der Waals surface area contributed by atoms with Gasteiger partial charge in [-0.3, -0.25) is 9.29 Å². The molecule has 3 rings (SSSR count). The summed E-state index contributed by atoms with van der Waals surface area (Å²) in [4.78, 5) is 7.20. The second-order valence-electron chi connectivity index (χ2n) is 5.60. The minimum Gasteiger partial charge on any atom is -0.414 e. The number of nitrogens with zero attached hydrogens (tertiary/aromatic N) is 5. The molecule has 0 aliphatic carbocycles. The molecule has 0 N–H and O–H groups in total. The van der Waals surface area contributed by atoms with Crippen LogP contribution >= 0.6 is 11.3 Å². The molecule has 0 spiro atoms. The summed E-state index contributed by atoms with van der Waals surface area (Å²) in [6, 6.07) is 2.08. The fourth-order valence-corrected chi connectivity index (χ4v) is 4.29. The zero-order valence-corrected chi connectivity index (χ0v) is 16.2. The van der Waals surface area contributed by atoms with Crippen LogP contribution in [0.25, 0.3) is 10.8 Å². The number of anilines is 1. The molecule has 0 atom stereocenters. The second-order valence-corrected chi connectivity index (χ2v) is 8.62. The topological polar surface area (TPSA) is 102 Å². The van der Waals surface area contributed by atoms with Gasteiger partial charge < -0.3 is 4.42 Å². The molecule has 0 saturated carbocycles. The van der Waals surface area contributed by atoms with Crippen molar-refractivity contribution >= 4 is 27.0 Å². The largest absolute Gasteiger partial charge is 0.471 e. The molecular weight excluding hydrogens is 483 g/mol. The van der Waals surface area contributed by atoms with Crippen molar-refractivity contribution in [1.29, 1.82) is 0 Å². The maximum atomic E-state index is 13.8. The van der Waals surface area contributed by atoms with E-state index < -0.39 is 51.9 Å². The van der Waals surface area contributed by atoms with Crippen LogP contribution in [-0.2, 0) is 16.6 Å². The van der Waals surface area contributed by atoms with Crippen molar-refractivity contribution in [3.63, 3.8) is 0 Å². The van der Waals surface area contributed by atoms with Gasteiger partial charge in [-0.1, -0.05) is 0 Å². The number of thiazole rings is 1. The van der Waals surface area contributed by atoms with Crippen molar-refractivity contribution in [2.45, 2.75) is 24.4 Å². The highest BCUT2D eigenvalue weighted by Crippen LogP contribution is 2.43. The summed E-state index contributed by atoms with van der Waals surface area (Å²) in [5, 5.41) is 0.0407. The van der Waals surface area contributed by atoms with E-state index in [9.17, 15) is 39.2 Å². The standard InChI is InChI=1S/C14H8F7N5O3S2/c15-10(16)12-25-24-11(29-12)8-5-23-9(30-8)6-26(7-2-1-3-22-4-7)31(27,28)14(20,21)13(17,18)19/h1-5,10H,6H2. The summed E-state index contributed by atoms with van der Waals surface area (Å²) in [7, 11) is -6.32. The first-order chi connectivity index (χ1) is 14.3. The summed E-state index contributed by atoms with van der Waals surface area (Å²) < 4.78 is 120. The first kappa shape index (κ1) is 22.9. The van der Waals surface area contributed by atoms with Gasteiger partial charge in [0.15, 0.2) is 0 Å². The molecule has 0 aliphatic heterocycles. The summed E-state index contributed by atoms with van der Waals surface area (Å²) in [5.41, 5.74) is -0.582. The van der Waals surface area contributed by atoms with Crippen molar-refractivity contribution in [2.24, 2.45) is 0 Å². The van der Waals surface area contributed by atoms with Crippen LogP contribution in [-0.4, -0.2) is 40.0 Å². The number of aromatic nitrogens is 4. The number of pyridine rings is 1. The Bertz CT molecular complexity index is 1150. The Balaban J connectivity index is 1.98. The Morgan fingerprint density at radius 2 is 1.84 bits per heavy atom. The van der Waals surface area contributed by atoms with E-state index in [1.165, 1.54) is 0 Å². The van der Waals surface area contributed by atoms with Crippen LogP contribution in [0.4, 0.5) is 36.4 Å². The number of hydrogen-bond donors (Lipinski definition) is 0. The number of halogens is 7. The van der Waals surface area contributed by atoms with E-state index in [0.29, 0.717) is 11.3 Å². The Hall–Kier alpha value is -2.82. The van der Waals surface area contributed by atoms with Gasteiger partial charge in [-0.05, 0) is 12.1 Å². The van der Waals surface area contributed by atoms with Crippen molar-refractivity contribution in [3.05, 3.63) is 41.6 Å². The van der Waals surface area contributed by atoms with Gasteiger partial charge in [-0.15, -0.1) is 21.5 Å². The third-order valence-corrected chi connectivity index (χ3v) is 6.32. The first-order valence-corrected chi connectivity index (χ1v) is 10.0. The number of rotatable bonds is 7.